The quantitative estimate of drug-likeness (QED) is 0.677. The van der Waals surface area contributed by atoms with Crippen LogP contribution in [0.15, 0.2) is 16.9 Å². The summed E-state index contributed by atoms with van der Waals surface area (Å²) in [6.45, 7) is 4.45. The zero-order chi connectivity index (χ0) is 21.3. The van der Waals surface area contributed by atoms with Crippen LogP contribution in [0.5, 0.6) is 0 Å². The van der Waals surface area contributed by atoms with Gasteiger partial charge < -0.3 is 9.30 Å². The third-order valence-electron chi connectivity index (χ3n) is 7.17. The van der Waals surface area contributed by atoms with Crippen LogP contribution in [0.3, 0.4) is 0 Å². The Hall–Kier alpha value is -1.18. The maximum absolute atomic E-state index is 13.0. The van der Waals surface area contributed by atoms with Gasteiger partial charge >= 0.3 is 0 Å². The lowest BCUT2D eigenvalue weighted by atomic mass is 9.84. The van der Waals surface area contributed by atoms with Gasteiger partial charge in [0.05, 0.1) is 24.0 Å². The summed E-state index contributed by atoms with van der Waals surface area (Å²) in [7, 11) is -3.32. The molecule has 30 heavy (non-hydrogen) atoms. The number of ether oxygens (including phenoxy) is 1. The normalized spacial score (nSPS) is 29.5. The van der Waals surface area contributed by atoms with Gasteiger partial charge in [-0.2, -0.15) is 0 Å². The second-order valence-electron chi connectivity index (χ2n) is 9.52. The molecule has 0 saturated heterocycles. The monoisotopic (exact) mass is 436 g/mol. The number of nitrogens with zero attached hydrogens (tertiary/aromatic N) is 1. The summed E-state index contributed by atoms with van der Waals surface area (Å²) in [5.41, 5.74) is 1.64. The number of pyridine rings is 1. The molecule has 0 bridgehead atoms. The van der Waals surface area contributed by atoms with Crippen molar-refractivity contribution in [3.63, 3.8) is 0 Å². The van der Waals surface area contributed by atoms with Gasteiger partial charge in [-0.3, -0.25) is 4.79 Å². The lowest BCUT2D eigenvalue weighted by Gasteiger charge is -2.37. The minimum Gasteiger partial charge on any atom is -0.376 e. The van der Waals surface area contributed by atoms with E-state index in [0.29, 0.717) is 25.0 Å². The van der Waals surface area contributed by atoms with Gasteiger partial charge in [-0.15, -0.1) is 0 Å². The molecule has 1 aromatic rings. The highest BCUT2D eigenvalue weighted by molar-refractivity contribution is 7.90. The number of hydrogen-bond donors (Lipinski definition) is 1. The molecule has 0 aromatic carbocycles. The average Bonchev–Trinajstić information content (AvgIpc) is 3.57. The van der Waals surface area contributed by atoms with Crippen molar-refractivity contribution in [2.24, 2.45) is 5.92 Å². The molecule has 0 radical (unpaired) electrons. The summed E-state index contributed by atoms with van der Waals surface area (Å²) < 4.78 is 36.3. The maximum Gasteiger partial charge on any atom is 0.254 e. The van der Waals surface area contributed by atoms with Crippen LogP contribution in [0.4, 0.5) is 0 Å². The summed E-state index contributed by atoms with van der Waals surface area (Å²) in [6, 6.07) is 3.29. The van der Waals surface area contributed by atoms with E-state index in [0.717, 1.165) is 37.3 Å². The maximum atomic E-state index is 13.0. The van der Waals surface area contributed by atoms with E-state index in [2.05, 4.69) is 11.6 Å². The van der Waals surface area contributed by atoms with E-state index in [-0.39, 0.29) is 29.0 Å². The summed E-state index contributed by atoms with van der Waals surface area (Å²) >= 11 is 0. The second-order valence-corrected chi connectivity index (χ2v) is 11.5. The lowest BCUT2D eigenvalue weighted by Crippen LogP contribution is -2.50. The summed E-state index contributed by atoms with van der Waals surface area (Å²) in [6.07, 6.45) is 10.1. The molecule has 6 nitrogen and oxygen atoms in total. The summed E-state index contributed by atoms with van der Waals surface area (Å²) in [4.78, 5) is 13.0. The molecule has 3 aliphatic rings. The molecule has 2 saturated carbocycles. The number of aryl methyl sites for hydroxylation is 2. The lowest BCUT2D eigenvalue weighted by molar-refractivity contribution is -0.00735. The highest BCUT2D eigenvalue weighted by Gasteiger charge is 2.40. The SMILES string of the molecule is CCCC1CCC(OC[C@H]2[C@@H](NS(=O)(=O)C3CC3)CCc3ccc(C)c(=O)n32)CC1. The van der Waals surface area contributed by atoms with Gasteiger partial charge in [0, 0.05) is 17.3 Å². The third-order valence-corrected chi connectivity index (χ3v) is 9.15. The van der Waals surface area contributed by atoms with E-state index in [4.69, 9.17) is 4.74 Å². The van der Waals surface area contributed by atoms with Crippen LogP contribution >= 0.6 is 0 Å². The molecule has 1 aliphatic heterocycles. The smallest absolute Gasteiger partial charge is 0.254 e. The Kier molecular flexibility index (Phi) is 6.70. The molecular weight excluding hydrogens is 400 g/mol. The minimum absolute atomic E-state index is 0.0249. The Morgan fingerprint density at radius 1 is 1.10 bits per heavy atom. The van der Waals surface area contributed by atoms with Gasteiger partial charge in [-0.1, -0.05) is 25.8 Å². The van der Waals surface area contributed by atoms with Crippen LogP contribution in [0.1, 0.15) is 82.0 Å². The molecule has 0 amide bonds. The Labute approximate surface area is 180 Å². The van der Waals surface area contributed by atoms with Crippen molar-refractivity contribution < 1.29 is 13.2 Å². The van der Waals surface area contributed by atoms with Crippen molar-refractivity contribution in [3.8, 4) is 0 Å². The van der Waals surface area contributed by atoms with Gasteiger partial charge in [0.2, 0.25) is 10.0 Å². The average molecular weight is 437 g/mol. The molecule has 1 N–H and O–H groups in total. The first kappa shape index (κ1) is 22.0. The first-order valence-corrected chi connectivity index (χ1v) is 13.3. The zero-order valence-corrected chi connectivity index (χ0v) is 19.1. The van der Waals surface area contributed by atoms with Crippen LogP contribution in [-0.2, 0) is 21.2 Å². The number of fused-ring (bicyclic) bond motifs is 1. The van der Waals surface area contributed by atoms with E-state index < -0.39 is 10.0 Å². The molecule has 7 heteroatoms. The summed E-state index contributed by atoms with van der Waals surface area (Å²) in [5.74, 6) is 0.814. The minimum atomic E-state index is -3.32. The fraction of sp³-hybridized carbons (Fsp3) is 0.783. The molecule has 2 atom stereocenters. The molecule has 2 heterocycles. The van der Waals surface area contributed by atoms with E-state index in [9.17, 15) is 13.2 Å². The predicted molar refractivity (Wildman–Crippen MR) is 118 cm³/mol. The van der Waals surface area contributed by atoms with Crippen molar-refractivity contribution in [1.29, 1.82) is 0 Å². The molecule has 4 rings (SSSR count). The zero-order valence-electron chi connectivity index (χ0n) is 18.3. The Morgan fingerprint density at radius 2 is 1.83 bits per heavy atom. The van der Waals surface area contributed by atoms with Crippen LogP contribution in [-0.4, -0.2) is 37.0 Å². The number of rotatable bonds is 8. The third kappa shape index (κ3) is 4.83. The van der Waals surface area contributed by atoms with Gasteiger partial charge in [0.15, 0.2) is 0 Å². The van der Waals surface area contributed by atoms with Crippen molar-refractivity contribution >= 4 is 10.0 Å². The fourth-order valence-electron chi connectivity index (χ4n) is 5.18. The van der Waals surface area contributed by atoms with Crippen molar-refractivity contribution in [2.75, 3.05) is 6.61 Å². The van der Waals surface area contributed by atoms with Crippen LogP contribution in [0.25, 0.3) is 0 Å². The highest BCUT2D eigenvalue weighted by Crippen LogP contribution is 2.33. The fourth-order valence-corrected chi connectivity index (χ4v) is 6.83. The van der Waals surface area contributed by atoms with Gasteiger partial charge in [-0.25, -0.2) is 13.1 Å². The number of hydrogen-bond acceptors (Lipinski definition) is 4. The molecular formula is C23H36N2O4S. The summed E-state index contributed by atoms with van der Waals surface area (Å²) in [5, 5.41) is -0.261. The number of aromatic nitrogens is 1. The van der Waals surface area contributed by atoms with Crippen molar-refractivity contribution in [3.05, 3.63) is 33.7 Å². The molecule has 2 aliphatic carbocycles. The van der Waals surface area contributed by atoms with E-state index >= 15 is 0 Å². The molecule has 2 fully saturated rings. The van der Waals surface area contributed by atoms with Crippen LogP contribution < -0.4 is 10.3 Å². The van der Waals surface area contributed by atoms with E-state index in [1.165, 1.54) is 25.7 Å². The van der Waals surface area contributed by atoms with E-state index in [1.807, 2.05) is 23.6 Å². The van der Waals surface area contributed by atoms with Crippen molar-refractivity contribution in [2.45, 2.75) is 101 Å². The van der Waals surface area contributed by atoms with Gasteiger partial charge in [0.25, 0.3) is 5.56 Å². The molecule has 1 aromatic heterocycles. The number of sulfonamides is 1. The van der Waals surface area contributed by atoms with Crippen molar-refractivity contribution in [1.82, 2.24) is 9.29 Å². The van der Waals surface area contributed by atoms with Crippen LogP contribution in [0.2, 0.25) is 0 Å². The Morgan fingerprint density at radius 3 is 2.50 bits per heavy atom. The van der Waals surface area contributed by atoms with Gasteiger partial charge in [0.1, 0.15) is 0 Å². The Balaban J connectivity index is 1.50. The van der Waals surface area contributed by atoms with Gasteiger partial charge in [-0.05, 0) is 70.3 Å². The topological polar surface area (TPSA) is 77.4 Å². The molecule has 0 spiro atoms. The predicted octanol–water partition coefficient (Wildman–Crippen LogP) is 3.47. The van der Waals surface area contributed by atoms with E-state index in [1.54, 1.807) is 0 Å². The molecule has 0 unspecified atom stereocenters. The van der Waals surface area contributed by atoms with Crippen LogP contribution in [0, 0.1) is 12.8 Å². The Bertz CT molecular complexity index is 898. The molecule has 168 valence electrons. The first-order chi connectivity index (χ1) is 14.4. The number of nitrogens with one attached hydrogen (secondary N) is 1. The second kappa shape index (κ2) is 9.13. The standard InChI is InChI=1S/C23H36N2O4S/c1-3-4-17-6-10-19(11-7-17)29-15-22-21(24-30(27,28)20-12-13-20)14-9-18-8-5-16(2)23(26)25(18)22/h5,8,17,19-22,24H,3-4,6-7,9-15H2,1-2H3/t17?,19?,21-,22-/m0/s1. The largest absolute Gasteiger partial charge is 0.376 e. The first-order valence-electron chi connectivity index (χ1n) is 11.7. The highest BCUT2D eigenvalue weighted by atomic mass is 32.2.